The maximum Gasteiger partial charge on any atom is 0.276 e. The molecule has 0 saturated heterocycles. The van der Waals surface area contributed by atoms with E-state index in [-0.39, 0.29) is 12.1 Å². The number of nitrogens with zero attached hydrogens (tertiary/aromatic N) is 3. The molecule has 0 aliphatic carbocycles. The van der Waals surface area contributed by atoms with E-state index in [1.165, 1.54) is 4.57 Å². The van der Waals surface area contributed by atoms with Crippen molar-refractivity contribution in [2.24, 2.45) is 0 Å². The predicted molar refractivity (Wildman–Crippen MR) is 109 cm³/mol. The van der Waals surface area contributed by atoms with Crippen LogP contribution < -0.4 is 5.56 Å². The van der Waals surface area contributed by atoms with Gasteiger partial charge < -0.3 is 9.67 Å². The van der Waals surface area contributed by atoms with Gasteiger partial charge in [-0.25, -0.2) is 4.52 Å². The van der Waals surface area contributed by atoms with Gasteiger partial charge in [0.1, 0.15) is 5.52 Å². The first kappa shape index (κ1) is 18.0. The lowest BCUT2D eigenvalue weighted by Crippen LogP contribution is -2.24. The Morgan fingerprint density at radius 1 is 1.11 bits per heavy atom. The first-order chi connectivity index (χ1) is 13.0. The molecule has 0 aliphatic heterocycles. The normalized spacial score (nSPS) is 12.4. The van der Waals surface area contributed by atoms with E-state index in [1.54, 1.807) is 47.2 Å². The van der Waals surface area contributed by atoms with Gasteiger partial charge in [0.25, 0.3) is 5.56 Å². The minimum atomic E-state index is -0.837. The highest BCUT2D eigenvalue weighted by atomic mass is 79.9. The van der Waals surface area contributed by atoms with Crippen molar-refractivity contribution in [3.63, 3.8) is 0 Å². The lowest BCUT2D eigenvalue weighted by Gasteiger charge is -2.13. The van der Waals surface area contributed by atoms with Gasteiger partial charge in [-0.15, -0.1) is 0 Å². The Hall–Kier alpha value is -2.41. The molecule has 1 atom stereocenters. The lowest BCUT2D eigenvalue weighted by molar-refractivity contribution is 0.155. The van der Waals surface area contributed by atoms with E-state index < -0.39 is 6.10 Å². The second-order valence-electron chi connectivity index (χ2n) is 6.20. The second kappa shape index (κ2) is 7.31. The topological polar surface area (TPSA) is 59.5 Å². The Morgan fingerprint density at radius 2 is 1.93 bits per heavy atom. The molecule has 1 unspecified atom stereocenters. The summed E-state index contributed by atoms with van der Waals surface area (Å²) in [6.07, 6.45) is 2.50. The molecule has 0 spiro atoms. The largest absolute Gasteiger partial charge is 0.387 e. The van der Waals surface area contributed by atoms with Crippen LogP contribution in [0, 0.1) is 0 Å². The van der Waals surface area contributed by atoms with E-state index in [2.05, 4.69) is 21.0 Å². The molecule has 0 saturated carbocycles. The van der Waals surface area contributed by atoms with Gasteiger partial charge in [0, 0.05) is 27.5 Å². The van der Waals surface area contributed by atoms with Gasteiger partial charge >= 0.3 is 0 Å². The number of aliphatic hydroxyl groups excluding tert-OH is 1. The van der Waals surface area contributed by atoms with Crippen LogP contribution in [-0.4, -0.2) is 19.3 Å². The summed E-state index contributed by atoms with van der Waals surface area (Å²) in [4.78, 5) is 12.8. The van der Waals surface area contributed by atoms with Gasteiger partial charge in [-0.05, 0) is 35.9 Å². The maximum atomic E-state index is 12.8. The summed E-state index contributed by atoms with van der Waals surface area (Å²) in [6, 6.07) is 16.5. The zero-order chi connectivity index (χ0) is 19.0. The molecule has 7 heteroatoms. The molecule has 4 aromatic rings. The molecule has 5 nitrogen and oxygen atoms in total. The predicted octanol–water partition coefficient (Wildman–Crippen LogP) is 4.31. The summed E-state index contributed by atoms with van der Waals surface area (Å²) in [7, 11) is 0. The zero-order valence-electron chi connectivity index (χ0n) is 14.1. The van der Waals surface area contributed by atoms with Crippen LogP contribution >= 0.6 is 27.5 Å². The monoisotopic (exact) mass is 443 g/mol. The molecule has 2 aromatic carbocycles. The summed E-state index contributed by atoms with van der Waals surface area (Å²) in [5, 5.41) is 15.5. The number of aromatic nitrogens is 3. The number of hydrogen-bond donors (Lipinski definition) is 1. The van der Waals surface area contributed by atoms with Crippen molar-refractivity contribution in [2.75, 3.05) is 0 Å². The summed E-state index contributed by atoms with van der Waals surface area (Å²) < 4.78 is 3.98. The van der Waals surface area contributed by atoms with Gasteiger partial charge in [-0.3, -0.25) is 4.79 Å². The summed E-state index contributed by atoms with van der Waals surface area (Å²) in [5.74, 6) is 0. The van der Waals surface area contributed by atoms with Crippen LogP contribution in [0.5, 0.6) is 0 Å². The van der Waals surface area contributed by atoms with Crippen molar-refractivity contribution in [2.45, 2.75) is 12.6 Å². The first-order valence-electron chi connectivity index (χ1n) is 8.29. The Kier molecular flexibility index (Phi) is 4.86. The lowest BCUT2D eigenvalue weighted by atomic mass is 10.1. The van der Waals surface area contributed by atoms with Crippen molar-refractivity contribution in [3.05, 3.63) is 92.4 Å². The van der Waals surface area contributed by atoms with E-state index in [0.29, 0.717) is 21.8 Å². The number of halogens is 2. The second-order valence-corrected chi connectivity index (χ2v) is 7.55. The minimum Gasteiger partial charge on any atom is -0.387 e. The molecule has 27 heavy (non-hydrogen) atoms. The van der Waals surface area contributed by atoms with Crippen molar-refractivity contribution in [3.8, 4) is 11.3 Å². The molecule has 0 radical (unpaired) electrons. The first-order valence-corrected chi connectivity index (χ1v) is 9.47. The van der Waals surface area contributed by atoms with E-state index >= 15 is 0 Å². The average Bonchev–Trinajstić information content (AvgIpc) is 3.09. The van der Waals surface area contributed by atoms with E-state index in [0.717, 1.165) is 10.0 Å². The Bertz CT molecular complexity index is 1190. The molecular weight excluding hydrogens is 430 g/mol. The number of hydrogen-bond acceptors (Lipinski definition) is 3. The Morgan fingerprint density at radius 3 is 2.70 bits per heavy atom. The van der Waals surface area contributed by atoms with Gasteiger partial charge in [0.15, 0.2) is 0 Å². The summed E-state index contributed by atoms with van der Waals surface area (Å²) in [6.45, 7) is 0.132. The smallest absolute Gasteiger partial charge is 0.276 e. The third kappa shape index (κ3) is 3.69. The zero-order valence-corrected chi connectivity index (χ0v) is 16.4. The molecule has 0 bridgehead atoms. The van der Waals surface area contributed by atoms with Crippen LogP contribution in [-0.2, 0) is 6.54 Å². The molecule has 2 aromatic heterocycles. The van der Waals surface area contributed by atoms with Gasteiger partial charge in [-0.1, -0.05) is 51.8 Å². The highest BCUT2D eigenvalue weighted by Gasteiger charge is 2.13. The van der Waals surface area contributed by atoms with Crippen LogP contribution in [0.4, 0.5) is 0 Å². The molecule has 136 valence electrons. The standard InChI is InChI=1S/C20H15BrClN3O2/c21-15-5-1-3-13(9-15)17-11-18-20(27)24(7-8-25(18)23-17)12-19(26)14-4-2-6-16(22)10-14/h1-11,19,26H,12H2. The molecule has 0 fully saturated rings. The van der Waals surface area contributed by atoms with E-state index in [4.69, 9.17) is 11.6 Å². The number of benzene rings is 2. The summed E-state index contributed by atoms with van der Waals surface area (Å²) in [5.41, 5.74) is 2.52. The van der Waals surface area contributed by atoms with Crippen molar-refractivity contribution < 1.29 is 5.11 Å². The van der Waals surface area contributed by atoms with E-state index in [9.17, 15) is 9.90 Å². The highest BCUT2D eigenvalue weighted by Crippen LogP contribution is 2.23. The fraction of sp³-hybridized carbons (Fsp3) is 0.100. The fourth-order valence-corrected chi connectivity index (χ4v) is 3.56. The maximum absolute atomic E-state index is 12.8. The quantitative estimate of drug-likeness (QED) is 0.510. The number of fused-ring (bicyclic) bond motifs is 1. The summed E-state index contributed by atoms with van der Waals surface area (Å²) >= 11 is 9.42. The minimum absolute atomic E-state index is 0.132. The fourth-order valence-electron chi connectivity index (χ4n) is 2.96. The van der Waals surface area contributed by atoms with Crippen molar-refractivity contribution in [1.29, 1.82) is 0 Å². The third-order valence-corrected chi connectivity index (χ3v) is 5.06. The van der Waals surface area contributed by atoms with E-state index in [1.807, 2.05) is 24.3 Å². The van der Waals surface area contributed by atoms with Gasteiger partial charge in [-0.2, -0.15) is 5.10 Å². The Labute approximate surface area is 168 Å². The number of rotatable bonds is 4. The van der Waals surface area contributed by atoms with Crippen LogP contribution in [0.25, 0.3) is 16.8 Å². The molecule has 0 aliphatic rings. The molecule has 1 N–H and O–H groups in total. The molecule has 0 amide bonds. The molecule has 2 heterocycles. The van der Waals surface area contributed by atoms with Crippen LogP contribution in [0.2, 0.25) is 5.02 Å². The van der Waals surface area contributed by atoms with Crippen LogP contribution in [0.1, 0.15) is 11.7 Å². The van der Waals surface area contributed by atoms with Crippen LogP contribution in [0.3, 0.4) is 0 Å². The molecule has 4 rings (SSSR count). The third-order valence-electron chi connectivity index (χ3n) is 4.33. The van der Waals surface area contributed by atoms with Crippen molar-refractivity contribution >= 4 is 33.0 Å². The van der Waals surface area contributed by atoms with Gasteiger partial charge in [0.05, 0.1) is 18.3 Å². The van der Waals surface area contributed by atoms with Crippen LogP contribution in [0.15, 0.2) is 76.3 Å². The SMILES string of the molecule is O=c1c2cc(-c3cccc(Br)c3)nn2ccn1CC(O)c1cccc(Cl)c1. The highest BCUT2D eigenvalue weighted by molar-refractivity contribution is 9.10. The number of aliphatic hydroxyl groups is 1. The Balaban J connectivity index is 1.69. The average molecular weight is 445 g/mol. The molecular formula is C20H15BrClN3O2. The van der Waals surface area contributed by atoms with Crippen molar-refractivity contribution in [1.82, 2.24) is 14.2 Å². The van der Waals surface area contributed by atoms with Gasteiger partial charge in [0.2, 0.25) is 0 Å².